The van der Waals surface area contributed by atoms with Gasteiger partial charge in [0.15, 0.2) is 0 Å². The molecular weight excluding hydrogens is 310 g/mol. The molecule has 7 heteroatoms. The van der Waals surface area contributed by atoms with Crippen LogP contribution < -0.4 is 0 Å². The molecule has 1 aliphatic heterocycles. The molecule has 110 valence electrons. The largest absolute Gasteiger partial charge is 0.480 e. The van der Waals surface area contributed by atoms with E-state index in [-0.39, 0.29) is 10.2 Å². The SMILES string of the molecule is CC1CC1c1ccc(C=C2SC(=S)N(CC(=O)O)C2=O)o1. The number of amides is 1. The number of nitrogens with zero attached hydrogens (tertiary/aromatic N) is 1. The molecule has 1 saturated carbocycles. The summed E-state index contributed by atoms with van der Waals surface area (Å²) in [5, 5.41) is 8.78. The third-order valence-electron chi connectivity index (χ3n) is 3.56. The highest BCUT2D eigenvalue weighted by molar-refractivity contribution is 8.26. The molecule has 1 aliphatic carbocycles. The average Bonchev–Trinajstić information content (AvgIpc) is 2.87. The Balaban J connectivity index is 1.77. The molecule has 1 aromatic rings. The van der Waals surface area contributed by atoms with Gasteiger partial charge < -0.3 is 9.52 Å². The van der Waals surface area contributed by atoms with E-state index in [9.17, 15) is 9.59 Å². The zero-order chi connectivity index (χ0) is 15.1. The normalized spacial score (nSPS) is 26.7. The number of carboxylic acids is 1. The molecule has 2 aliphatic rings. The molecule has 1 aromatic heterocycles. The van der Waals surface area contributed by atoms with Gasteiger partial charge in [0, 0.05) is 12.0 Å². The lowest BCUT2D eigenvalue weighted by Gasteiger charge is -2.09. The van der Waals surface area contributed by atoms with Gasteiger partial charge in [-0.1, -0.05) is 30.9 Å². The molecule has 2 unspecified atom stereocenters. The Morgan fingerprint density at radius 1 is 1.62 bits per heavy atom. The summed E-state index contributed by atoms with van der Waals surface area (Å²) in [6, 6.07) is 3.75. The van der Waals surface area contributed by atoms with Gasteiger partial charge in [-0.15, -0.1) is 0 Å². The van der Waals surface area contributed by atoms with Crippen molar-refractivity contribution in [1.82, 2.24) is 4.90 Å². The number of aliphatic carboxylic acids is 1. The first kappa shape index (κ1) is 14.3. The molecule has 0 radical (unpaired) electrons. The summed E-state index contributed by atoms with van der Waals surface area (Å²) in [7, 11) is 0. The van der Waals surface area contributed by atoms with E-state index in [1.165, 1.54) is 0 Å². The second-order valence-electron chi connectivity index (χ2n) is 5.22. The number of thiocarbonyl (C=S) groups is 1. The van der Waals surface area contributed by atoms with Gasteiger partial charge in [-0.2, -0.15) is 0 Å². The minimum atomic E-state index is -1.09. The van der Waals surface area contributed by atoms with E-state index in [0.29, 0.717) is 22.5 Å². The standard InChI is InChI=1S/C14H13NO4S2/c1-7-4-9(7)10-3-2-8(19-10)5-11-13(18)15(6-12(16)17)14(20)21-11/h2-3,5,7,9H,4,6H2,1H3,(H,16,17). The number of rotatable bonds is 4. The second-order valence-corrected chi connectivity index (χ2v) is 6.90. The second kappa shape index (κ2) is 5.31. The minimum absolute atomic E-state index is 0.260. The Kier molecular flexibility index (Phi) is 3.62. The highest BCUT2D eigenvalue weighted by Crippen LogP contribution is 2.47. The molecule has 2 atom stereocenters. The number of hydrogen-bond donors (Lipinski definition) is 1. The lowest BCUT2D eigenvalue weighted by atomic mass is 10.3. The number of carboxylic acid groups (broad SMARTS) is 1. The fraction of sp³-hybridized carbons (Fsp3) is 0.357. The number of hydrogen-bond acceptors (Lipinski definition) is 5. The van der Waals surface area contributed by atoms with Crippen LogP contribution in [0.15, 0.2) is 21.5 Å². The van der Waals surface area contributed by atoms with E-state index in [1.54, 1.807) is 6.08 Å². The van der Waals surface area contributed by atoms with Crippen molar-refractivity contribution in [3.8, 4) is 0 Å². The molecule has 5 nitrogen and oxygen atoms in total. The first-order chi connectivity index (χ1) is 9.95. The van der Waals surface area contributed by atoms with Crippen LogP contribution in [0, 0.1) is 5.92 Å². The summed E-state index contributed by atoms with van der Waals surface area (Å²) in [5.41, 5.74) is 0. The summed E-state index contributed by atoms with van der Waals surface area (Å²) >= 11 is 6.13. The number of furan rings is 1. The maximum Gasteiger partial charge on any atom is 0.323 e. The van der Waals surface area contributed by atoms with Crippen molar-refractivity contribution in [2.45, 2.75) is 19.3 Å². The maximum atomic E-state index is 12.1. The average molecular weight is 323 g/mol. The van der Waals surface area contributed by atoms with Gasteiger partial charge >= 0.3 is 5.97 Å². The van der Waals surface area contributed by atoms with E-state index in [0.717, 1.165) is 28.8 Å². The first-order valence-corrected chi connectivity index (χ1v) is 7.75. The van der Waals surface area contributed by atoms with Crippen LogP contribution in [0.4, 0.5) is 0 Å². The Bertz CT molecular complexity index is 664. The molecular formula is C14H13NO4S2. The van der Waals surface area contributed by atoms with Crippen molar-refractivity contribution in [3.63, 3.8) is 0 Å². The molecule has 1 amide bonds. The Hall–Kier alpha value is -1.60. The van der Waals surface area contributed by atoms with E-state index in [2.05, 4.69) is 6.92 Å². The summed E-state index contributed by atoms with van der Waals surface area (Å²) in [6.07, 6.45) is 2.76. The third kappa shape index (κ3) is 2.89. The lowest BCUT2D eigenvalue weighted by Crippen LogP contribution is -2.33. The van der Waals surface area contributed by atoms with Gasteiger partial charge in [0.05, 0.1) is 4.91 Å². The molecule has 0 spiro atoms. The van der Waals surface area contributed by atoms with Gasteiger partial charge in [0.1, 0.15) is 22.4 Å². The van der Waals surface area contributed by atoms with Crippen molar-refractivity contribution < 1.29 is 19.1 Å². The highest BCUT2D eigenvalue weighted by atomic mass is 32.2. The topological polar surface area (TPSA) is 70.8 Å². The van der Waals surface area contributed by atoms with E-state index < -0.39 is 12.5 Å². The smallest absolute Gasteiger partial charge is 0.323 e. The van der Waals surface area contributed by atoms with Crippen molar-refractivity contribution in [3.05, 3.63) is 28.6 Å². The quantitative estimate of drug-likeness (QED) is 0.678. The third-order valence-corrected chi connectivity index (χ3v) is 4.94. The molecule has 1 saturated heterocycles. The minimum Gasteiger partial charge on any atom is -0.480 e. The lowest BCUT2D eigenvalue weighted by molar-refractivity contribution is -0.140. The monoisotopic (exact) mass is 323 g/mol. The number of carbonyl (C=O) groups is 2. The van der Waals surface area contributed by atoms with Crippen LogP contribution in [0.25, 0.3) is 6.08 Å². The van der Waals surface area contributed by atoms with Crippen molar-refractivity contribution in [1.29, 1.82) is 0 Å². The van der Waals surface area contributed by atoms with Gasteiger partial charge in [-0.3, -0.25) is 14.5 Å². The Labute approximate surface area is 131 Å². The van der Waals surface area contributed by atoms with E-state index >= 15 is 0 Å². The predicted octanol–water partition coefficient (Wildman–Crippen LogP) is 2.69. The molecule has 1 N–H and O–H groups in total. The van der Waals surface area contributed by atoms with Crippen LogP contribution in [0.5, 0.6) is 0 Å². The molecule has 3 rings (SSSR count). The predicted molar refractivity (Wildman–Crippen MR) is 82.7 cm³/mol. The van der Waals surface area contributed by atoms with Crippen molar-refractivity contribution >= 4 is 46.3 Å². The van der Waals surface area contributed by atoms with Crippen molar-refractivity contribution in [2.75, 3.05) is 6.54 Å². The van der Waals surface area contributed by atoms with Gasteiger partial charge in [-0.05, 0) is 24.5 Å². The van der Waals surface area contributed by atoms with Crippen LogP contribution in [0.3, 0.4) is 0 Å². The van der Waals surface area contributed by atoms with Crippen LogP contribution in [0.1, 0.15) is 30.8 Å². The zero-order valence-corrected chi connectivity index (χ0v) is 12.9. The van der Waals surface area contributed by atoms with Gasteiger partial charge in [-0.25, -0.2) is 0 Å². The Morgan fingerprint density at radius 2 is 2.33 bits per heavy atom. The van der Waals surface area contributed by atoms with E-state index in [1.807, 2.05) is 12.1 Å². The van der Waals surface area contributed by atoms with Crippen LogP contribution in [0.2, 0.25) is 0 Å². The number of thioether (sulfide) groups is 1. The summed E-state index contributed by atoms with van der Waals surface area (Å²) in [4.78, 5) is 24.3. The van der Waals surface area contributed by atoms with Crippen LogP contribution in [-0.4, -0.2) is 32.7 Å². The highest BCUT2D eigenvalue weighted by Gasteiger charge is 2.37. The first-order valence-electron chi connectivity index (χ1n) is 6.52. The summed E-state index contributed by atoms with van der Waals surface area (Å²) < 4.78 is 5.98. The van der Waals surface area contributed by atoms with Crippen molar-refractivity contribution in [2.24, 2.45) is 5.92 Å². The van der Waals surface area contributed by atoms with Gasteiger partial charge in [0.2, 0.25) is 0 Å². The van der Waals surface area contributed by atoms with Gasteiger partial charge in [0.25, 0.3) is 5.91 Å². The Morgan fingerprint density at radius 3 is 2.95 bits per heavy atom. The van der Waals surface area contributed by atoms with E-state index in [4.69, 9.17) is 21.7 Å². The summed E-state index contributed by atoms with van der Waals surface area (Å²) in [6.45, 7) is 1.76. The van der Waals surface area contributed by atoms with Crippen LogP contribution in [-0.2, 0) is 9.59 Å². The van der Waals surface area contributed by atoms with Crippen LogP contribution >= 0.6 is 24.0 Å². The fourth-order valence-corrected chi connectivity index (χ4v) is 3.50. The molecule has 0 bridgehead atoms. The fourth-order valence-electron chi connectivity index (χ4n) is 2.26. The molecule has 2 heterocycles. The molecule has 21 heavy (non-hydrogen) atoms. The molecule has 0 aromatic carbocycles. The summed E-state index contributed by atoms with van der Waals surface area (Å²) in [5.74, 6) is 1.20. The number of carbonyl (C=O) groups excluding carboxylic acids is 1. The zero-order valence-electron chi connectivity index (χ0n) is 11.2. The molecule has 2 fully saturated rings. The maximum absolute atomic E-state index is 12.1.